The van der Waals surface area contributed by atoms with Gasteiger partial charge in [0.15, 0.2) is 0 Å². The first-order valence-electron chi connectivity index (χ1n) is 6.98. The topological polar surface area (TPSA) is 69.6 Å². The van der Waals surface area contributed by atoms with Crippen molar-refractivity contribution >= 4 is 17.5 Å². The number of aliphatic hydroxyl groups excluding tert-OH is 1. The Morgan fingerprint density at radius 2 is 2.24 bits per heavy atom. The van der Waals surface area contributed by atoms with E-state index in [2.05, 4.69) is 5.32 Å². The highest BCUT2D eigenvalue weighted by Gasteiger charge is 2.27. The molecule has 2 N–H and O–H groups in total. The van der Waals surface area contributed by atoms with Crippen LogP contribution in [0, 0.1) is 18.7 Å². The van der Waals surface area contributed by atoms with Crippen LogP contribution in [-0.4, -0.2) is 41.5 Å². The zero-order valence-corrected chi connectivity index (χ0v) is 11.9. The van der Waals surface area contributed by atoms with Crippen molar-refractivity contribution < 1.29 is 19.1 Å². The molecule has 0 radical (unpaired) electrons. The van der Waals surface area contributed by atoms with Crippen LogP contribution in [0.2, 0.25) is 0 Å². The number of hydrogen-bond acceptors (Lipinski definition) is 3. The van der Waals surface area contributed by atoms with Gasteiger partial charge in [0, 0.05) is 25.4 Å². The fraction of sp³-hybridized carbons (Fsp3) is 0.467. The van der Waals surface area contributed by atoms with Crippen molar-refractivity contribution in [2.24, 2.45) is 5.92 Å². The maximum absolute atomic E-state index is 13.2. The number of hydrogen-bond donors (Lipinski definition) is 2. The number of carbonyl (C=O) groups is 2. The molecular weight excluding hydrogens is 275 g/mol. The number of amides is 2. The number of aryl methyl sites for hydroxylation is 1. The lowest BCUT2D eigenvalue weighted by molar-refractivity contribution is -0.144. The molecule has 21 heavy (non-hydrogen) atoms. The first-order chi connectivity index (χ1) is 10.0. The van der Waals surface area contributed by atoms with Crippen molar-refractivity contribution in [1.29, 1.82) is 0 Å². The van der Waals surface area contributed by atoms with E-state index in [1.165, 1.54) is 23.1 Å². The van der Waals surface area contributed by atoms with Gasteiger partial charge < -0.3 is 15.3 Å². The summed E-state index contributed by atoms with van der Waals surface area (Å²) in [6, 6.07) is 4.02. The van der Waals surface area contributed by atoms with Crippen LogP contribution < -0.4 is 5.32 Å². The Labute approximate surface area is 122 Å². The maximum Gasteiger partial charge on any atom is 0.313 e. The van der Waals surface area contributed by atoms with E-state index in [0.717, 1.165) is 12.8 Å². The molecule has 2 rings (SSSR count). The lowest BCUT2D eigenvalue weighted by Gasteiger charge is -2.31. The third-order valence-electron chi connectivity index (χ3n) is 3.71. The molecule has 1 aromatic carbocycles. The zero-order valence-electron chi connectivity index (χ0n) is 11.9. The van der Waals surface area contributed by atoms with E-state index in [4.69, 9.17) is 5.11 Å². The van der Waals surface area contributed by atoms with E-state index in [1.54, 1.807) is 6.92 Å². The van der Waals surface area contributed by atoms with Gasteiger partial charge >= 0.3 is 11.8 Å². The van der Waals surface area contributed by atoms with Gasteiger partial charge in [-0.2, -0.15) is 0 Å². The molecule has 0 saturated carbocycles. The number of piperidine rings is 1. The molecule has 0 aliphatic carbocycles. The Morgan fingerprint density at radius 3 is 2.95 bits per heavy atom. The Kier molecular flexibility index (Phi) is 4.90. The number of nitrogens with zero attached hydrogens (tertiary/aromatic N) is 1. The van der Waals surface area contributed by atoms with Gasteiger partial charge in [-0.1, -0.05) is 6.07 Å². The molecular formula is C15H19FN2O3. The molecule has 0 aromatic heterocycles. The van der Waals surface area contributed by atoms with E-state index < -0.39 is 17.6 Å². The minimum Gasteiger partial charge on any atom is -0.396 e. The summed E-state index contributed by atoms with van der Waals surface area (Å²) in [4.78, 5) is 25.5. The zero-order chi connectivity index (χ0) is 15.4. The fourth-order valence-corrected chi connectivity index (χ4v) is 2.45. The van der Waals surface area contributed by atoms with Crippen LogP contribution in [0.3, 0.4) is 0 Å². The summed E-state index contributed by atoms with van der Waals surface area (Å²) >= 11 is 0. The molecule has 1 atom stereocenters. The number of anilines is 1. The standard InChI is InChI=1S/C15H19FN2O3/c1-10-4-5-12(16)7-13(10)17-14(20)15(21)18-6-2-3-11(8-18)9-19/h4-5,7,11,19H,2-3,6,8-9H2,1H3,(H,17,20). The van der Waals surface area contributed by atoms with Crippen LogP contribution in [0.4, 0.5) is 10.1 Å². The summed E-state index contributed by atoms with van der Waals surface area (Å²) in [5.74, 6) is -1.87. The molecule has 0 bridgehead atoms. The highest BCUT2D eigenvalue weighted by atomic mass is 19.1. The number of rotatable bonds is 2. The van der Waals surface area contributed by atoms with E-state index in [0.29, 0.717) is 24.3 Å². The molecule has 1 heterocycles. The van der Waals surface area contributed by atoms with Gasteiger partial charge in [-0.05, 0) is 43.4 Å². The van der Waals surface area contributed by atoms with E-state index in [9.17, 15) is 14.0 Å². The Balaban J connectivity index is 2.02. The third-order valence-corrected chi connectivity index (χ3v) is 3.71. The number of carbonyl (C=O) groups excluding carboxylic acids is 2. The SMILES string of the molecule is Cc1ccc(F)cc1NC(=O)C(=O)N1CCCC(CO)C1. The van der Waals surface area contributed by atoms with E-state index in [1.807, 2.05) is 0 Å². The molecule has 0 spiro atoms. The minimum atomic E-state index is -0.776. The summed E-state index contributed by atoms with van der Waals surface area (Å²) in [5.41, 5.74) is 0.980. The Bertz CT molecular complexity index is 548. The molecule has 1 fully saturated rings. The third kappa shape index (κ3) is 3.78. The lowest BCUT2D eigenvalue weighted by atomic mass is 9.99. The first-order valence-corrected chi connectivity index (χ1v) is 6.98. The summed E-state index contributed by atoms with van der Waals surface area (Å²) in [7, 11) is 0. The van der Waals surface area contributed by atoms with Crippen molar-refractivity contribution in [3.63, 3.8) is 0 Å². The van der Waals surface area contributed by atoms with Crippen molar-refractivity contribution in [3.8, 4) is 0 Å². The molecule has 1 aliphatic heterocycles. The molecule has 1 aliphatic rings. The smallest absolute Gasteiger partial charge is 0.313 e. The highest BCUT2D eigenvalue weighted by molar-refractivity contribution is 6.39. The summed E-state index contributed by atoms with van der Waals surface area (Å²) in [6.45, 7) is 2.62. The number of benzene rings is 1. The predicted octanol–water partition coefficient (Wildman–Crippen LogP) is 1.30. The fourth-order valence-electron chi connectivity index (χ4n) is 2.45. The van der Waals surface area contributed by atoms with Gasteiger partial charge in [0.2, 0.25) is 0 Å². The Hall–Kier alpha value is -1.95. The average Bonchev–Trinajstić information content (AvgIpc) is 2.50. The minimum absolute atomic E-state index is 0.00834. The van der Waals surface area contributed by atoms with Crippen LogP contribution >= 0.6 is 0 Å². The number of halogens is 1. The van der Waals surface area contributed by atoms with Crippen molar-refractivity contribution in [3.05, 3.63) is 29.6 Å². The average molecular weight is 294 g/mol. The van der Waals surface area contributed by atoms with Gasteiger partial charge in [-0.3, -0.25) is 9.59 Å². The second kappa shape index (κ2) is 6.67. The van der Waals surface area contributed by atoms with Crippen molar-refractivity contribution in [2.45, 2.75) is 19.8 Å². The van der Waals surface area contributed by atoms with Crippen LogP contribution in [0.15, 0.2) is 18.2 Å². The van der Waals surface area contributed by atoms with Gasteiger partial charge in [0.1, 0.15) is 5.82 Å². The van der Waals surface area contributed by atoms with Crippen molar-refractivity contribution in [1.82, 2.24) is 4.90 Å². The number of nitrogens with one attached hydrogen (secondary N) is 1. The van der Waals surface area contributed by atoms with E-state index >= 15 is 0 Å². The maximum atomic E-state index is 13.2. The quantitative estimate of drug-likeness (QED) is 0.808. The molecule has 6 heteroatoms. The molecule has 114 valence electrons. The van der Waals surface area contributed by atoms with Crippen LogP contribution in [0.25, 0.3) is 0 Å². The normalized spacial score (nSPS) is 18.4. The summed E-state index contributed by atoms with van der Waals surface area (Å²) < 4.78 is 13.2. The molecule has 1 unspecified atom stereocenters. The first kappa shape index (κ1) is 15.4. The number of likely N-dealkylation sites (tertiary alicyclic amines) is 1. The lowest BCUT2D eigenvalue weighted by Crippen LogP contribution is -2.45. The molecule has 2 amide bonds. The van der Waals surface area contributed by atoms with Crippen molar-refractivity contribution in [2.75, 3.05) is 25.0 Å². The predicted molar refractivity (Wildman–Crippen MR) is 76.2 cm³/mol. The Morgan fingerprint density at radius 1 is 1.48 bits per heavy atom. The summed E-state index contributed by atoms with van der Waals surface area (Å²) in [6.07, 6.45) is 1.62. The van der Waals surface area contributed by atoms with Gasteiger partial charge in [0.05, 0.1) is 0 Å². The summed E-state index contributed by atoms with van der Waals surface area (Å²) in [5, 5.41) is 11.6. The molecule has 1 saturated heterocycles. The van der Waals surface area contributed by atoms with Crippen LogP contribution in [0.5, 0.6) is 0 Å². The number of aliphatic hydroxyl groups is 1. The molecule has 5 nitrogen and oxygen atoms in total. The second-order valence-electron chi connectivity index (χ2n) is 5.36. The second-order valence-corrected chi connectivity index (χ2v) is 5.36. The van der Waals surface area contributed by atoms with Gasteiger partial charge in [-0.25, -0.2) is 4.39 Å². The van der Waals surface area contributed by atoms with Crippen LogP contribution in [0.1, 0.15) is 18.4 Å². The largest absolute Gasteiger partial charge is 0.396 e. The van der Waals surface area contributed by atoms with Crippen LogP contribution in [-0.2, 0) is 9.59 Å². The highest BCUT2D eigenvalue weighted by Crippen LogP contribution is 2.18. The monoisotopic (exact) mass is 294 g/mol. The van der Waals surface area contributed by atoms with Gasteiger partial charge in [0.25, 0.3) is 0 Å². The van der Waals surface area contributed by atoms with Gasteiger partial charge in [-0.15, -0.1) is 0 Å². The van der Waals surface area contributed by atoms with E-state index in [-0.39, 0.29) is 12.5 Å². The molecule has 1 aromatic rings.